The summed E-state index contributed by atoms with van der Waals surface area (Å²) in [7, 11) is 1.93. The van der Waals surface area contributed by atoms with Gasteiger partial charge >= 0.3 is 0 Å². The molecule has 4 nitrogen and oxygen atoms in total. The lowest BCUT2D eigenvalue weighted by molar-refractivity contribution is 0.559. The summed E-state index contributed by atoms with van der Waals surface area (Å²) < 4.78 is 11.8. The van der Waals surface area contributed by atoms with Crippen LogP contribution in [0.4, 0.5) is 4.39 Å². The number of halogens is 1. The molecule has 0 fully saturated rings. The van der Waals surface area contributed by atoms with Crippen LogP contribution in [0, 0.1) is 11.3 Å². The molecule has 0 saturated heterocycles. The highest BCUT2D eigenvalue weighted by atomic mass is 19.1. The maximum Gasteiger partial charge on any atom is 0.102 e. The van der Waals surface area contributed by atoms with Crippen molar-refractivity contribution in [2.24, 2.45) is 9.98 Å². The summed E-state index contributed by atoms with van der Waals surface area (Å²) in [6, 6.07) is 2.11. The van der Waals surface area contributed by atoms with Gasteiger partial charge in [-0.25, -0.2) is 9.38 Å². The van der Waals surface area contributed by atoms with E-state index in [2.05, 4.69) is 29.4 Å². The Kier molecular flexibility index (Phi) is 9.61. The largest absolute Gasteiger partial charge is 0.360 e. The molecule has 0 aliphatic carbocycles. The summed E-state index contributed by atoms with van der Waals surface area (Å²) >= 11 is 0. The van der Waals surface area contributed by atoms with Crippen molar-refractivity contribution in [2.75, 3.05) is 13.6 Å². The van der Waals surface area contributed by atoms with Crippen LogP contribution in [0.5, 0.6) is 0 Å². The molecule has 0 saturated carbocycles. The molecule has 0 unspecified atom stereocenters. The van der Waals surface area contributed by atoms with E-state index in [0.717, 1.165) is 5.84 Å². The molecule has 5 heteroatoms. The molecule has 1 aliphatic rings. The van der Waals surface area contributed by atoms with Crippen LogP contribution in [0.15, 0.2) is 70.2 Å². The molecular weight excluding hydrogens is 279 g/mol. The Balaban J connectivity index is 0.000000472. The van der Waals surface area contributed by atoms with E-state index in [0.29, 0.717) is 17.8 Å². The van der Waals surface area contributed by atoms with Gasteiger partial charge in [0.05, 0.1) is 17.6 Å². The predicted molar refractivity (Wildman–Crippen MR) is 91.3 cm³/mol. The van der Waals surface area contributed by atoms with Gasteiger partial charge in [0.25, 0.3) is 0 Å². The van der Waals surface area contributed by atoms with Crippen molar-refractivity contribution >= 4 is 12.6 Å². The fourth-order valence-corrected chi connectivity index (χ4v) is 1.27. The standard InChI is InChI=1S/C11H13N3.C6H8FN/c1-9-4-5-11(8-12)6-7-14(3)10(2)13-9;1-6(7)4-3-5-8-2/h4-6H,1,7H2,2-3H3;3-5H,2H2,1H3/b5-4-,11-6+,13-10?;5-3-,6-4+. The van der Waals surface area contributed by atoms with E-state index in [9.17, 15) is 4.39 Å². The van der Waals surface area contributed by atoms with E-state index in [1.54, 1.807) is 12.2 Å². The minimum absolute atomic E-state index is 0.232. The topological polar surface area (TPSA) is 51.8 Å². The van der Waals surface area contributed by atoms with Gasteiger partial charge in [-0.15, -0.1) is 0 Å². The van der Waals surface area contributed by atoms with Crippen molar-refractivity contribution in [2.45, 2.75) is 13.8 Å². The van der Waals surface area contributed by atoms with Crippen molar-refractivity contribution in [1.29, 1.82) is 5.26 Å². The van der Waals surface area contributed by atoms with E-state index < -0.39 is 0 Å². The number of likely N-dealkylation sites (N-methyl/N-ethyl adjacent to an activating group) is 1. The Morgan fingerprint density at radius 1 is 1.55 bits per heavy atom. The summed E-state index contributed by atoms with van der Waals surface area (Å²) in [6.45, 7) is 10.9. The first-order valence-corrected chi connectivity index (χ1v) is 6.59. The lowest BCUT2D eigenvalue weighted by atomic mass is 10.2. The molecule has 0 N–H and O–H groups in total. The number of amidine groups is 1. The number of hydrogen-bond donors (Lipinski definition) is 0. The molecule has 0 radical (unpaired) electrons. The maximum atomic E-state index is 11.8. The minimum Gasteiger partial charge on any atom is -0.360 e. The zero-order valence-corrected chi connectivity index (χ0v) is 13.3. The van der Waals surface area contributed by atoms with Crippen LogP contribution >= 0.6 is 0 Å². The van der Waals surface area contributed by atoms with E-state index in [4.69, 9.17) is 5.26 Å². The van der Waals surface area contributed by atoms with Gasteiger partial charge in [0.2, 0.25) is 0 Å². The summed E-state index contributed by atoms with van der Waals surface area (Å²) in [6.07, 6.45) is 9.57. The van der Waals surface area contributed by atoms with Gasteiger partial charge in [-0.3, -0.25) is 4.99 Å². The van der Waals surface area contributed by atoms with Crippen LogP contribution in [0.2, 0.25) is 0 Å². The molecular formula is C17H21FN4. The van der Waals surface area contributed by atoms with Crippen molar-refractivity contribution < 1.29 is 4.39 Å². The third-order valence-corrected chi connectivity index (χ3v) is 2.54. The highest BCUT2D eigenvalue weighted by Gasteiger charge is 2.01. The van der Waals surface area contributed by atoms with E-state index in [-0.39, 0.29) is 5.83 Å². The second-order valence-corrected chi connectivity index (χ2v) is 4.41. The van der Waals surface area contributed by atoms with Gasteiger partial charge in [-0.2, -0.15) is 5.26 Å². The number of allylic oxidation sites excluding steroid dienone is 6. The van der Waals surface area contributed by atoms with Crippen LogP contribution in [0.3, 0.4) is 0 Å². The van der Waals surface area contributed by atoms with Crippen LogP contribution in [-0.2, 0) is 0 Å². The summed E-state index contributed by atoms with van der Waals surface area (Å²) in [5.74, 6) is 0.667. The van der Waals surface area contributed by atoms with Gasteiger partial charge in [-0.1, -0.05) is 6.58 Å². The molecule has 116 valence electrons. The quantitative estimate of drug-likeness (QED) is 0.573. The van der Waals surface area contributed by atoms with E-state index in [1.807, 2.05) is 24.9 Å². The van der Waals surface area contributed by atoms with Crippen molar-refractivity contribution in [3.63, 3.8) is 0 Å². The molecule has 1 aliphatic heterocycles. The molecule has 22 heavy (non-hydrogen) atoms. The lowest BCUT2D eigenvalue weighted by Gasteiger charge is -2.15. The van der Waals surface area contributed by atoms with Crippen LogP contribution in [-0.4, -0.2) is 31.0 Å². The normalized spacial score (nSPS) is 19.5. The van der Waals surface area contributed by atoms with Crippen molar-refractivity contribution in [1.82, 2.24) is 4.90 Å². The average molecular weight is 300 g/mol. The van der Waals surface area contributed by atoms with Gasteiger partial charge in [0.1, 0.15) is 5.84 Å². The van der Waals surface area contributed by atoms with Gasteiger partial charge in [0, 0.05) is 25.4 Å². The molecule has 0 aromatic carbocycles. The van der Waals surface area contributed by atoms with E-state index >= 15 is 0 Å². The Morgan fingerprint density at radius 2 is 2.23 bits per heavy atom. The highest BCUT2D eigenvalue weighted by Crippen LogP contribution is 2.06. The van der Waals surface area contributed by atoms with Crippen LogP contribution in [0.1, 0.15) is 13.8 Å². The minimum atomic E-state index is -0.232. The first-order chi connectivity index (χ1) is 10.4. The third-order valence-electron chi connectivity index (χ3n) is 2.54. The number of nitriles is 1. The third kappa shape index (κ3) is 9.21. The number of nitrogens with zero attached hydrogens (tertiary/aromatic N) is 4. The van der Waals surface area contributed by atoms with Crippen LogP contribution < -0.4 is 0 Å². The Hall–Kier alpha value is -2.74. The number of rotatable bonds is 2. The monoisotopic (exact) mass is 300 g/mol. The average Bonchev–Trinajstić information content (AvgIpc) is 2.52. The first kappa shape index (κ1) is 19.3. The zero-order chi connectivity index (χ0) is 17.0. The molecule has 0 bridgehead atoms. The fourth-order valence-electron chi connectivity index (χ4n) is 1.27. The van der Waals surface area contributed by atoms with Gasteiger partial charge < -0.3 is 4.90 Å². The molecule has 1 rings (SSSR count). The first-order valence-electron chi connectivity index (χ1n) is 6.59. The van der Waals surface area contributed by atoms with E-state index in [1.165, 1.54) is 25.3 Å². The van der Waals surface area contributed by atoms with Crippen LogP contribution in [0.25, 0.3) is 0 Å². The second kappa shape index (κ2) is 11.0. The van der Waals surface area contributed by atoms with Gasteiger partial charge in [-0.05, 0) is 50.9 Å². The maximum absolute atomic E-state index is 11.8. The smallest absolute Gasteiger partial charge is 0.102 e. The second-order valence-electron chi connectivity index (χ2n) is 4.41. The SMILES string of the molecule is C=C1/C=C\C(C#N)=C/CN(C)C(C)=N1.C=N/C=C\C=C(/C)F. The predicted octanol–water partition coefficient (Wildman–Crippen LogP) is 3.94. The number of hydrogen-bond acceptors (Lipinski definition) is 4. The Bertz CT molecular complexity index is 582. The van der Waals surface area contributed by atoms with Crippen molar-refractivity contribution in [3.05, 3.63) is 60.3 Å². The zero-order valence-electron chi connectivity index (χ0n) is 13.3. The Morgan fingerprint density at radius 3 is 2.77 bits per heavy atom. The van der Waals surface area contributed by atoms with Crippen molar-refractivity contribution in [3.8, 4) is 6.07 Å². The molecule has 0 aromatic rings. The molecule has 1 heterocycles. The fraction of sp³-hybridized carbons (Fsp3) is 0.235. The summed E-state index contributed by atoms with van der Waals surface area (Å²) in [5.41, 5.74) is 1.31. The summed E-state index contributed by atoms with van der Waals surface area (Å²) in [5, 5.41) is 8.78. The highest BCUT2D eigenvalue weighted by molar-refractivity contribution is 5.81. The lowest BCUT2D eigenvalue weighted by Crippen LogP contribution is -2.24. The molecule has 0 spiro atoms. The molecule has 0 amide bonds. The molecule has 0 aromatic heterocycles. The molecule has 0 atom stereocenters. The number of aliphatic imine (C=N–C) groups is 2. The van der Waals surface area contributed by atoms with Gasteiger partial charge in [0.15, 0.2) is 0 Å². The summed E-state index contributed by atoms with van der Waals surface area (Å²) in [4.78, 5) is 9.60. The Labute approximate surface area is 131 Å².